The number of amides is 1. The number of carbonyl (C=O) groups excluding carboxylic acids is 1. The van der Waals surface area contributed by atoms with E-state index < -0.39 is 5.82 Å². The minimum Gasteiger partial charge on any atom is -0.321 e. The lowest BCUT2D eigenvalue weighted by Crippen LogP contribution is -2.13. The second-order valence-electron chi connectivity index (χ2n) is 3.56. The molecule has 2 rings (SSSR count). The van der Waals surface area contributed by atoms with Crippen molar-refractivity contribution in [2.75, 3.05) is 5.32 Å². The van der Waals surface area contributed by atoms with E-state index >= 15 is 0 Å². The summed E-state index contributed by atoms with van der Waals surface area (Å²) in [5, 5.41) is 2.68. The van der Waals surface area contributed by atoms with Crippen molar-refractivity contribution in [1.29, 1.82) is 0 Å². The van der Waals surface area contributed by atoms with Gasteiger partial charge in [0.05, 0.1) is 11.3 Å². The molecule has 0 bridgehead atoms. The van der Waals surface area contributed by atoms with Crippen LogP contribution in [0.4, 0.5) is 10.1 Å². The standard InChI is InChI=1S/C13H8BrFINO/c14-10-6-5-8(15)7-12(10)17-13(18)9-3-1-2-4-11(9)16/h1-7H,(H,17,18). The monoisotopic (exact) mass is 419 g/mol. The summed E-state index contributed by atoms with van der Waals surface area (Å²) in [6.45, 7) is 0. The Kier molecular flexibility index (Phi) is 4.34. The van der Waals surface area contributed by atoms with Gasteiger partial charge in [-0.1, -0.05) is 12.1 Å². The Hall–Kier alpha value is -0.950. The minimum atomic E-state index is -0.392. The van der Waals surface area contributed by atoms with Crippen LogP contribution in [0, 0.1) is 9.39 Å². The third kappa shape index (κ3) is 3.08. The highest BCUT2D eigenvalue weighted by Gasteiger charge is 2.11. The zero-order valence-corrected chi connectivity index (χ0v) is 12.8. The summed E-state index contributed by atoms with van der Waals surface area (Å²) in [7, 11) is 0. The predicted octanol–water partition coefficient (Wildman–Crippen LogP) is 4.45. The summed E-state index contributed by atoms with van der Waals surface area (Å²) < 4.78 is 14.6. The molecule has 0 atom stereocenters. The van der Waals surface area contributed by atoms with E-state index in [1.54, 1.807) is 18.2 Å². The number of halogens is 3. The first-order valence-corrected chi connectivity index (χ1v) is 6.96. The van der Waals surface area contributed by atoms with Gasteiger partial charge in [0, 0.05) is 8.04 Å². The summed E-state index contributed by atoms with van der Waals surface area (Å²) in [6, 6.07) is 11.4. The third-order valence-electron chi connectivity index (χ3n) is 2.30. The van der Waals surface area contributed by atoms with E-state index in [9.17, 15) is 9.18 Å². The molecule has 18 heavy (non-hydrogen) atoms. The van der Waals surface area contributed by atoms with Crippen molar-refractivity contribution in [2.24, 2.45) is 0 Å². The number of benzene rings is 2. The van der Waals surface area contributed by atoms with E-state index in [1.165, 1.54) is 12.1 Å². The largest absolute Gasteiger partial charge is 0.321 e. The fourth-order valence-corrected chi connectivity index (χ4v) is 2.41. The van der Waals surface area contributed by atoms with Crippen molar-refractivity contribution >= 4 is 50.1 Å². The molecule has 2 aromatic carbocycles. The van der Waals surface area contributed by atoms with Crippen molar-refractivity contribution in [2.45, 2.75) is 0 Å². The maximum Gasteiger partial charge on any atom is 0.256 e. The average molecular weight is 420 g/mol. The third-order valence-corrected chi connectivity index (χ3v) is 3.93. The summed E-state index contributed by atoms with van der Waals surface area (Å²) >= 11 is 5.35. The summed E-state index contributed by atoms with van der Waals surface area (Å²) in [5.41, 5.74) is 0.980. The van der Waals surface area contributed by atoms with Crippen molar-refractivity contribution in [3.63, 3.8) is 0 Å². The maximum atomic E-state index is 13.1. The molecule has 1 amide bonds. The summed E-state index contributed by atoms with van der Waals surface area (Å²) in [5.74, 6) is -0.650. The molecule has 0 heterocycles. The molecular weight excluding hydrogens is 412 g/mol. The van der Waals surface area contributed by atoms with Gasteiger partial charge in [-0.05, 0) is 68.9 Å². The predicted molar refractivity (Wildman–Crippen MR) is 81.2 cm³/mol. The van der Waals surface area contributed by atoms with Crippen molar-refractivity contribution in [1.82, 2.24) is 0 Å². The number of hydrogen-bond donors (Lipinski definition) is 1. The van der Waals surface area contributed by atoms with Crippen LogP contribution < -0.4 is 5.32 Å². The molecule has 0 aliphatic heterocycles. The van der Waals surface area contributed by atoms with E-state index in [0.717, 1.165) is 3.57 Å². The van der Waals surface area contributed by atoms with E-state index in [2.05, 4.69) is 43.8 Å². The number of anilines is 1. The second kappa shape index (κ2) is 5.79. The molecule has 0 spiro atoms. The number of carbonyl (C=O) groups is 1. The van der Waals surface area contributed by atoms with Crippen LogP contribution >= 0.6 is 38.5 Å². The molecular formula is C13H8BrFINO. The van der Waals surface area contributed by atoms with Gasteiger partial charge in [-0.2, -0.15) is 0 Å². The Morgan fingerprint density at radius 3 is 2.67 bits per heavy atom. The molecule has 2 aromatic rings. The molecule has 0 aromatic heterocycles. The molecule has 0 radical (unpaired) electrons. The zero-order valence-electron chi connectivity index (χ0n) is 9.08. The van der Waals surface area contributed by atoms with Crippen LogP contribution in [0.15, 0.2) is 46.9 Å². The highest BCUT2D eigenvalue weighted by molar-refractivity contribution is 14.1. The highest BCUT2D eigenvalue weighted by Crippen LogP contribution is 2.24. The van der Waals surface area contributed by atoms with Gasteiger partial charge in [0.15, 0.2) is 0 Å². The lowest BCUT2D eigenvalue weighted by Gasteiger charge is -2.08. The number of hydrogen-bond acceptors (Lipinski definition) is 1. The highest BCUT2D eigenvalue weighted by atomic mass is 127. The Balaban J connectivity index is 2.27. The van der Waals surface area contributed by atoms with Gasteiger partial charge in [-0.15, -0.1) is 0 Å². The fraction of sp³-hybridized carbons (Fsp3) is 0. The molecule has 0 aliphatic carbocycles. The smallest absolute Gasteiger partial charge is 0.256 e. The van der Waals surface area contributed by atoms with E-state index in [0.29, 0.717) is 15.7 Å². The van der Waals surface area contributed by atoms with Crippen LogP contribution in [0.3, 0.4) is 0 Å². The van der Waals surface area contributed by atoms with Gasteiger partial charge in [0.2, 0.25) is 0 Å². The van der Waals surface area contributed by atoms with Crippen molar-refractivity contribution < 1.29 is 9.18 Å². The molecule has 0 fully saturated rings. The molecule has 5 heteroatoms. The second-order valence-corrected chi connectivity index (χ2v) is 5.57. The molecule has 0 saturated carbocycles. The molecule has 0 aliphatic rings. The van der Waals surface area contributed by atoms with Gasteiger partial charge in [0.1, 0.15) is 5.82 Å². The molecule has 2 nitrogen and oxygen atoms in total. The first-order valence-electron chi connectivity index (χ1n) is 5.09. The van der Waals surface area contributed by atoms with Crippen LogP contribution in [-0.4, -0.2) is 5.91 Å². The van der Waals surface area contributed by atoms with Crippen LogP contribution in [0.1, 0.15) is 10.4 Å². The van der Waals surface area contributed by atoms with Crippen LogP contribution in [-0.2, 0) is 0 Å². The molecule has 1 N–H and O–H groups in total. The van der Waals surface area contributed by atoms with Crippen LogP contribution in [0.25, 0.3) is 0 Å². The number of rotatable bonds is 2. The lowest BCUT2D eigenvalue weighted by molar-refractivity contribution is 0.102. The summed E-state index contributed by atoms with van der Waals surface area (Å²) in [6.07, 6.45) is 0. The Morgan fingerprint density at radius 2 is 1.94 bits per heavy atom. The Labute approximate surface area is 126 Å². The SMILES string of the molecule is O=C(Nc1cc(F)ccc1Br)c1ccccc1I. The molecule has 0 saturated heterocycles. The first-order chi connectivity index (χ1) is 8.58. The summed E-state index contributed by atoms with van der Waals surface area (Å²) in [4.78, 5) is 12.0. The van der Waals surface area contributed by atoms with Gasteiger partial charge in [-0.3, -0.25) is 4.79 Å². The first kappa shape index (κ1) is 13.5. The fourth-order valence-electron chi connectivity index (χ4n) is 1.43. The lowest BCUT2D eigenvalue weighted by atomic mass is 10.2. The maximum absolute atomic E-state index is 13.1. The quantitative estimate of drug-likeness (QED) is 0.716. The van der Waals surface area contributed by atoms with Crippen LogP contribution in [0.2, 0.25) is 0 Å². The van der Waals surface area contributed by atoms with E-state index in [1.807, 2.05) is 12.1 Å². The van der Waals surface area contributed by atoms with Crippen molar-refractivity contribution in [3.05, 3.63) is 61.9 Å². The minimum absolute atomic E-state index is 0.258. The number of nitrogens with one attached hydrogen (secondary N) is 1. The topological polar surface area (TPSA) is 29.1 Å². The zero-order chi connectivity index (χ0) is 13.1. The van der Waals surface area contributed by atoms with Crippen LogP contribution in [0.5, 0.6) is 0 Å². The van der Waals surface area contributed by atoms with E-state index in [-0.39, 0.29) is 5.91 Å². The Bertz CT molecular complexity index is 603. The van der Waals surface area contributed by atoms with Gasteiger partial charge >= 0.3 is 0 Å². The normalized spacial score (nSPS) is 10.2. The molecule has 92 valence electrons. The average Bonchev–Trinajstić information content (AvgIpc) is 2.34. The van der Waals surface area contributed by atoms with Gasteiger partial charge < -0.3 is 5.32 Å². The van der Waals surface area contributed by atoms with E-state index in [4.69, 9.17) is 0 Å². The van der Waals surface area contributed by atoms with Gasteiger partial charge in [-0.25, -0.2) is 4.39 Å². The Morgan fingerprint density at radius 1 is 1.22 bits per heavy atom. The molecule has 0 unspecified atom stereocenters. The van der Waals surface area contributed by atoms with Crippen molar-refractivity contribution in [3.8, 4) is 0 Å². The van der Waals surface area contributed by atoms with Gasteiger partial charge in [0.25, 0.3) is 5.91 Å².